The van der Waals surface area contributed by atoms with Crippen LogP contribution < -0.4 is 5.32 Å². The molecule has 2 rings (SSSR count). The fraction of sp³-hybridized carbons (Fsp3) is 0.316. The topological polar surface area (TPSA) is 58.6 Å². The number of carbonyl (C=O) groups excluding carboxylic acids is 1. The van der Waals surface area contributed by atoms with Crippen LogP contribution in [0.25, 0.3) is 0 Å². The molecular weight excluding hydrogens is 290 g/mol. The predicted molar refractivity (Wildman–Crippen MR) is 90.6 cm³/mol. The standard InChI is InChI=1S/C19H23NO3/c1-14-9-10-17(18(21)13-14)19(22)20-11-6-12-23-15(2)16-7-4-3-5-8-16/h3-5,7-10,13,15,21H,6,11-12H2,1-2H3,(H,20,22). The molecule has 0 saturated heterocycles. The number of carbonyl (C=O) groups is 1. The number of hydrogen-bond acceptors (Lipinski definition) is 3. The number of phenolic OH excluding ortho intramolecular Hbond substituents is 1. The molecule has 2 aromatic carbocycles. The molecule has 1 amide bonds. The number of hydrogen-bond donors (Lipinski definition) is 2. The van der Waals surface area contributed by atoms with E-state index in [0.717, 1.165) is 17.5 Å². The summed E-state index contributed by atoms with van der Waals surface area (Å²) in [6.45, 7) is 4.95. The van der Waals surface area contributed by atoms with Gasteiger partial charge in [-0.15, -0.1) is 0 Å². The molecule has 0 aliphatic heterocycles. The first-order valence-corrected chi connectivity index (χ1v) is 7.82. The highest BCUT2D eigenvalue weighted by atomic mass is 16.5. The van der Waals surface area contributed by atoms with Crippen molar-refractivity contribution < 1.29 is 14.6 Å². The quantitative estimate of drug-likeness (QED) is 0.768. The van der Waals surface area contributed by atoms with Crippen LogP contribution in [-0.4, -0.2) is 24.2 Å². The number of ether oxygens (including phenoxy) is 1. The van der Waals surface area contributed by atoms with Crippen LogP contribution >= 0.6 is 0 Å². The van der Waals surface area contributed by atoms with Gasteiger partial charge in [0.1, 0.15) is 5.75 Å². The predicted octanol–water partition coefficient (Wildman–Crippen LogP) is 3.60. The number of aromatic hydroxyl groups is 1. The van der Waals surface area contributed by atoms with Gasteiger partial charge in [0.15, 0.2) is 0 Å². The Bertz CT molecular complexity index is 640. The van der Waals surface area contributed by atoms with Crippen LogP contribution in [0, 0.1) is 6.92 Å². The Morgan fingerprint density at radius 2 is 1.96 bits per heavy atom. The molecule has 23 heavy (non-hydrogen) atoms. The summed E-state index contributed by atoms with van der Waals surface area (Å²) in [6.07, 6.45) is 0.753. The zero-order valence-electron chi connectivity index (χ0n) is 13.6. The second-order valence-electron chi connectivity index (χ2n) is 5.55. The first kappa shape index (κ1) is 17.0. The number of rotatable bonds is 7. The lowest BCUT2D eigenvalue weighted by Gasteiger charge is -2.13. The van der Waals surface area contributed by atoms with Gasteiger partial charge in [0.2, 0.25) is 0 Å². The van der Waals surface area contributed by atoms with Gasteiger partial charge in [-0.1, -0.05) is 36.4 Å². The third kappa shape index (κ3) is 5.11. The van der Waals surface area contributed by atoms with E-state index in [2.05, 4.69) is 5.32 Å². The van der Waals surface area contributed by atoms with Crippen molar-refractivity contribution >= 4 is 5.91 Å². The van der Waals surface area contributed by atoms with Gasteiger partial charge in [-0.25, -0.2) is 0 Å². The highest BCUT2D eigenvalue weighted by Gasteiger charge is 2.10. The minimum absolute atomic E-state index is 0.0106. The molecule has 2 aromatic rings. The molecule has 0 fully saturated rings. The largest absolute Gasteiger partial charge is 0.507 e. The maximum atomic E-state index is 12.0. The zero-order chi connectivity index (χ0) is 16.7. The van der Waals surface area contributed by atoms with Crippen LogP contribution in [0.5, 0.6) is 5.75 Å². The Kier molecular flexibility index (Phi) is 6.18. The van der Waals surface area contributed by atoms with Crippen molar-refractivity contribution in [2.75, 3.05) is 13.2 Å². The molecule has 4 heteroatoms. The van der Waals surface area contributed by atoms with E-state index in [-0.39, 0.29) is 17.8 Å². The Morgan fingerprint density at radius 3 is 2.65 bits per heavy atom. The molecule has 4 nitrogen and oxygen atoms in total. The van der Waals surface area contributed by atoms with Crippen molar-refractivity contribution in [2.24, 2.45) is 0 Å². The molecule has 0 heterocycles. The fourth-order valence-corrected chi connectivity index (χ4v) is 2.28. The van der Waals surface area contributed by atoms with Crippen LogP contribution in [0.2, 0.25) is 0 Å². The lowest BCUT2D eigenvalue weighted by molar-refractivity contribution is 0.0635. The molecule has 0 radical (unpaired) electrons. The maximum Gasteiger partial charge on any atom is 0.255 e. The van der Waals surface area contributed by atoms with Crippen LogP contribution in [0.4, 0.5) is 0 Å². The first-order valence-electron chi connectivity index (χ1n) is 7.82. The van der Waals surface area contributed by atoms with Gasteiger partial charge in [0.05, 0.1) is 11.7 Å². The van der Waals surface area contributed by atoms with Gasteiger partial charge >= 0.3 is 0 Å². The number of amides is 1. The second kappa shape index (κ2) is 8.34. The smallest absolute Gasteiger partial charge is 0.255 e. The summed E-state index contributed by atoms with van der Waals surface area (Å²) < 4.78 is 5.75. The molecule has 1 unspecified atom stereocenters. The summed E-state index contributed by atoms with van der Waals surface area (Å²) >= 11 is 0. The van der Waals surface area contributed by atoms with Crippen molar-refractivity contribution in [3.05, 3.63) is 65.2 Å². The van der Waals surface area contributed by atoms with Crippen LogP contribution in [-0.2, 0) is 4.74 Å². The monoisotopic (exact) mass is 313 g/mol. The SMILES string of the molecule is Cc1ccc(C(=O)NCCCOC(C)c2ccccc2)c(O)c1. The summed E-state index contributed by atoms with van der Waals surface area (Å²) in [5, 5.41) is 12.6. The minimum Gasteiger partial charge on any atom is -0.507 e. The summed E-state index contributed by atoms with van der Waals surface area (Å²) in [6, 6.07) is 15.0. The zero-order valence-corrected chi connectivity index (χ0v) is 13.6. The van der Waals surface area contributed by atoms with Crippen molar-refractivity contribution in [1.82, 2.24) is 5.32 Å². The minimum atomic E-state index is -0.265. The molecule has 0 saturated carbocycles. The number of nitrogens with one attached hydrogen (secondary N) is 1. The molecule has 0 aromatic heterocycles. The summed E-state index contributed by atoms with van der Waals surface area (Å²) in [4.78, 5) is 12.0. The molecule has 0 aliphatic carbocycles. The molecular formula is C19H23NO3. The van der Waals surface area contributed by atoms with Gasteiger partial charge in [0.25, 0.3) is 5.91 Å². The van der Waals surface area contributed by atoms with E-state index in [0.29, 0.717) is 18.7 Å². The van der Waals surface area contributed by atoms with Crippen LogP contribution in [0.1, 0.15) is 40.9 Å². The van der Waals surface area contributed by atoms with Crippen LogP contribution in [0.15, 0.2) is 48.5 Å². The van der Waals surface area contributed by atoms with E-state index < -0.39 is 0 Å². The van der Waals surface area contributed by atoms with Crippen molar-refractivity contribution in [1.29, 1.82) is 0 Å². The Hall–Kier alpha value is -2.33. The van der Waals surface area contributed by atoms with Crippen molar-refractivity contribution in [2.45, 2.75) is 26.4 Å². The van der Waals surface area contributed by atoms with E-state index in [9.17, 15) is 9.90 Å². The van der Waals surface area contributed by atoms with Crippen molar-refractivity contribution in [3.63, 3.8) is 0 Å². The van der Waals surface area contributed by atoms with Gasteiger partial charge in [0, 0.05) is 13.2 Å². The molecule has 0 spiro atoms. The average molecular weight is 313 g/mol. The summed E-state index contributed by atoms with van der Waals surface area (Å²) in [5.41, 5.74) is 2.36. The summed E-state index contributed by atoms with van der Waals surface area (Å²) in [5.74, 6) is -0.255. The van der Waals surface area contributed by atoms with Gasteiger partial charge < -0.3 is 15.2 Å². The van der Waals surface area contributed by atoms with E-state index in [1.165, 1.54) is 0 Å². The maximum absolute atomic E-state index is 12.0. The highest BCUT2D eigenvalue weighted by Crippen LogP contribution is 2.18. The summed E-state index contributed by atoms with van der Waals surface area (Å²) in [7, 11) is 0. The average Bonchev–Trinajstić information content (AvgIpc) is 2.55. The second-order valence-corrected chi connectivity index (χ2v) is 5.55. The fourth-order valence-electron chi connectivity index (χ4n) is 2.28. The van der Waals surface area contributed by atoms with Gasteiger partial charge in [-0.05, 0) is 43.5 Å². The van der Waals surface area contributed by atoms with Gasteiger partial charge in [-0.2, -0.15) is 0 Å². The van der Waals surface area contributed by atoms with Gasteiger partial charge in [-0.3, -0.25) is 4.79 Å². The lowest BCUT2D eigenvalue weighted by atomic mass is 10.1. The number of phenols is 1. The first-order chi connectivity index (χ1) is 11.1. The molecule has 0 aliphatic rings. The third-order valence-corrected chi connectivity index (χ3v) is 3.64. The molecule has 2 N–H and O–H groups in total. The van der Waals surface area contributed by atoms with Crippen molar-refractivity contribution in [3.8, 4) is 5.75 Å². The Labute approximate surface area is 137 Å². The number of aryl methyl sites for hydroxylation is 1. The highest BCUT2D eigenvalue weighted by molar-refractivity contribution is 5.96. The number of benzene rings is 2. The molecule has 1 atom stereocenters. The van der Waals surface area contributed by atoms with Crippen LogP contribution in [0.3, 0.4) is 0 Å². The van der Waals surface area contributed by atoms with E-state index in [1.807, 2.05) is 44.2 Å². The normalized spacial score (nSPS) is 11.9. The third-order valence-electron chi connectivity index (χ3n) is 3.64. The lowest BCUT2D eigenvalue weighted by Crippen LogP contribution is -2.25. The Balaban J connectivity index is 1.70. The Morgan fingerprint density at radius 1 is 1.22 bits per heavy atom. The van der Waals surface area contributed by atoms with E-state index in [1.54, 1.807) is 18.2 Å². The molecule has 0 bridgehead atoms. The molecule has 122 valence electrons. The van der Waals surface area contributed by atoms with E-state index in [4.69, 9.17) is 4.74 Å². The van der Waals surface area contributed by atoms with E-state index >= 15 is 0 Å².